The lowest BCUT2D eigenvalue weighted by Crippen LogP contribution is -2.07. The Morgan fingerprint density at radius 3 is 2.52 bits per heavy atom. The average molecular weight is 331 g/mol. The quantitative estimate of drug-likeness (QED) is 0.512. The van der Waals surface area contributed by atoms with E-state index in [9.17, 15) is 9.18 Å². The molecule has 0 bridgehead atoms. The molecule has 4 rings (SSSR count). The number of para-hydroxylation sites is 1. The molecule has 3 nitrogen and oxygen atoms in total. The van der Waals surface area contributed by atoms with E-state index >= 15 is 0 Å². The molecule has 0 radical (unpaired) electrons. The summed E-state index contributed by atoms with van der Waals surface area (Å²) in [5.74, 6) is -0.569. The van der Waals surface area contributed by atoms with Crippen LogP contribution >= 0.6 is 0 Å². The number of furan rings is 1. The van der Waals surface area contributed by atoms with Crippen molar-refractivity contribution in [2.24, 2.45) is 0 Å². The number of hydrogen-bond acceptors (Lipinski definition) is 2. The third kappa shape index (κ3) is 3.15. The van der Waals surface area contributed by atoms with Crippen molar-refractivity contribution in [3.8, 4) is 0 Å². The van der Waals surface area contributed by atoms with Crippen molar-refractivity contribution in [3.05, 3.63) is 84.2 Å². The lowest BCUT2D eigenvalue weighted by molar-refractivity contribution is -0.111. The summed E-state index contributed by atoms with van der Waals surface area (Å²) in [6, 6.07) is 19.3. The van der Waals surface area contributed by atoms with Gasteiger partial charge < -0.3 is 9.73 Å². The molecule has 0 spiro atoms. The Bertz CT molecular complexity index is 1090. The van der Waals surface area contributed by atoms with E-state index in [-0.39, 0.29) is 11.7 Å². The highest BCUT2D eigenvalue weighted by Crippen LogP contribution is 2.30. The number of amides is 1. The van der Waals surface area contributed by atoms with Gasteiger partial charge in [-0.1, -0.05) is 30.3 Å². The van der Waals surface area contributed by atoms with Crippen molar-refractivity contribution in [1.82, 2.24) is 0 Å². The van der Waals surface area contributed by atoms with E-state index < -0.39 is 0 Å². The molecule has 25 heavy (non-hydrogen) atoms. The van der Waals surface area contributed by atoms with E-state index in [1.165, 1.54) is 18.2 Å². The molecular formula is C21H14FNO2. The summed E-state index contributed by atoms with van der Waals surface area (Å²) in [5, 5.41) is 4.86. The Balaban J connectivity index is 1.54. The molecule has 0 aliphatic rings. The summed E-state index contributed by atoms with van der Waals surface area (Å²) in [4.78, 5) is 12.1. The normalized spacial score (nSPS) is 11.4. The molecule has 1 heterocycles. The van der Waals surface area contributed by atoms with E-state index in [1.807, 2.05) is 36.4 Å². The molecule has 1 amide bonds. The van der Waals surface area contributed by atoms with Crippen LogP contribution in [0.3, 0.4) is 0 Å². The SMILES string of the molecule is O=C(/C=C/c1ccc(F)cc1)Nc1ccc2c(c1)oc1ccccc12. The van der Waals surface area contributed by atoms with Gasteiger partial charge in [-0.2, -0.15) is 0 Å². The Hall–Kier alpha value is -3.40. The number of benzene rings is 3. The van der Waals surface area contributed by atoms with Gasteiger partial charge in [0.05, 0.1) is 0 Å². The van der Waals surface area contributed by atoms with Gasteiger partial charge in [0.2, 0.25) is 5.91 Å². The highest BCUT2D eigenvalue weighted by Gasteiger charge is 2.07. The predicted molar refractivity (Wildman–Crippen MR) is 97.8 cm³/mol. The molecule has 0 saturated heterocycles. The molecule has 3 aromatic carbocycles. The molecule has 0 aliphatic heterocycles. The van der Waals surface area contributed by atoms with Crippen molar-refractivity contribution in [3.63, 3.8) is 0 Å². The first kappa shape index (κ1) is 15.1. The predicted octanol–water partition coefficient (Wildman–Crippen LogP) is 5.38. The second-order valence-electron chi connectivity index (χ2n) is 5.68. The summed E-state index contributed by atoms with van der Waals surface area (Å²) in [5.41, 5.74) is 2.95. The second-order valence-corrected chi connectivity index (χ2v) is 5.68. The largest absolute Gasteiger partial charge is 0.456 e. The fourth-order valence-corrected chi connectivity index (χ4v) is 2.73. The highest BCUT2D eigenvalue weighted by molar-refractivity contribution is 6.07. The van der Waals surface area contributed by atoms with E-state index in [2.05, 4.69) is 5.32 Å². The van der Waals surface area contributed by atoms with Gasteiger partial charge in [-0.15, -0.1) is 0 Å². The van der Waals surface area contributed by atoms with Gasteiger partial charge in [0.15, 0.2) is 0 Å². The molecule has 4 aromatic rings. The third-order valence-electron chi connectivity index (χ3n) is 3.94. The number of halogens is 1. The van der Waals surface area contributed by atoms with E-state index in [4.69, 9.17) is 4.42 Å². The van der Waals surface area contributed by atoms with Crippen LogP contribution in [0.4, 0.5) is 10.1 Å². The molecule has 0 aliphatic carbocycles. The summed E-state index contributed by atoms with van der Waals surface area (Å²) in [6.07, 6.45) is 3.05. The number of carbonyl (C=O) groups is 1. The van der Waals surface area contributed by atoms with E-state index in [0.29, 0.717) is 5.69 Å². The van der Waals surface area contributed by atoms with Crippen LogP contribution in [0.2, 0.25) is 0 Å². The second kappa shape index (κ2) is 6.24. The molecule has 1 N–H and O–H groups in total. The first-order chi connectivity index (χ1) is 12.2. The van der Waals surface area contributed by atoms with E-state index in [1.54, 1.807) is 24.3 Å². The van der Waals surface area contributed by atoms with Crippen LogP contribution in [-0.2, 0) is 4.79 Å². The number of rotatable bonds is 3. The molecule has 1 aromatic heterocycles. The Kier molecular flexibility index (Phi) is 3.78. The maximum absolute atomic E-state index is 12.9. The zero-order valence-corrected chi connectivity index (χ0v) is 13.2. The molecule has 0 unspecified atom stereocenters. The van der Waals surface area contributed by atoms with Crippen molar-refractivity contribution < 1.29 is 13.6 Å². The van der Waals surface area contributed by atoms with Crippen LogP contribution in [0.15, 0.2) is 77.2 Å². The lowest BCUT2D eigenvalue weighted by Gasteiger charge is -2.01. The zero-order chi connectivity index (χ0) is 17.2. The number of nitrogens with one attached hydrogen (secondary N) is 1. The molecule has 0 saturated carbocycles. The van der Waals surface area contributed by atoms with Crippen molar-refractivity contribution in [2.45, 2.75) is 0 Å². The smallest absolute Gasteiger partial charge is 0.248 e. The molecular weight excluding hydrogens is 317 g/mol. The fraction of sp³-hybridized carbons (Fsp3) is 0. The number of fused-ring (bicyclic) bond motifs is 3. The number of carbonyl (C=O) groups excluding carboxylic acids is 1. The Morgan fingerprint density at radius 2 is 1.68 bits per heavy atom. The first-order valence-electron chi connectivity index (χ1n) is 7.85. The molecule has 0 fully saturated rings. The van der Waals surface area contributed by atoms with Crippen LogP contribution in [-0.4, -0.2) is 5.91 Å². The van der Waals surface area contributed by atoms with Crippen LogP contribution in [0.5, 0.6) is 0 Å². The topological polar surface area (TPSA) is 42.2 Å². The van der Waals surface area contributed by atoms with Crippen LogP contribution in [0.25, 0.3) is 28.0 Å². The van der Waals surface area contributed by atoms with Crippen LogP contribution in [0, 0.1) is 5.82 Å². The summed E-state index contributed by atoms with van der Waals surface area (Å²) < 4.78 is 18.7. The van der Waals surface area contributed by atoms with Crippen molar-refractivity contribution >= 4 is 39.6 Å². The molecule has 0 atom stereocenters. The van der Waals surface area contributed by atoms with Gasteiger partial charge in [-0.05, 0) is 42.0 Å². The highest BCUT2D eigenvalue weighted by atomic mass is 19.1. The molecule has 122 valence electrons. The zero-order valence-electron chi connectivity index (χ0n) is 13.2. The molecule has 4 heteroatoms. The first-order valence-corrected chi connectivity index (χ1v) is 7.85. The summed E-state index contributed by atoms with van der Waals surface area (Å²) in [6.45, 7) is 0. The van der Waals surface area contributed by atoms with Crippen LogP contribution in [0.1, 0.15) is 5.56 Å². The van der Waals surface area contributed by atoms with Gasteiger partial charge in [0, 0.05) is 28.6 Å². The average Bonchev–Trinajstić information content (AvgIpc) is 2.99. The maximum Gasteiger partial charge on any atom is 0.248 e. The van der Waals surface area contributed by atoms with Gasteiger partial charge in [0.25, 0.3) is 0 Å². The van der Waals surface area contributed by atoms with Crippen molar-refractivity contribution in [1.29, 1.82) is 0 Å². The lowest BCUT2D eigenvalue weighted by atomic mass is 10.1. The minimum absolute atomic E-state index is 0.264. The monoisotopic (exact) mass is 331 g/mol. The minimum Gasteiger partial charge on any atom is -0.456 e. The number of anilines is 1. The maximum atomic E-state index is 12.9. The van der Waals surface area contributed by atoms with Crippen LogP contribution < -0.4 is 5.32 Å². The van der Waals surface area contributed by atoms with Gasteiger partial charge in [-0.3, -0.25) is 4.79 Å². The fourth-order valence-electron chi connectivity index (χ4n) is 2.73. The van der Waals surface area contributed by atoms with Gasteiger partial charge in [0.1, 0.15) is 17.0 Å². The van der Waals surface area contributed by atoms with E-state index in [0.717, 1.165) is 27.5 Å². The summed E-state index contributed by atoms with van der Waals surface area (Å²) in [7, 11) is 0. The third-order valence-corrected chi connectivity index (χ3v) is 3.94. The minimum atomic E-state index is -0.305. The van der Waals surface area contributed by atoms with Gasteiger partial charge >= 0.3 is 0 Å². The van der Waals surface area contributed by atoms with Gasteiger partial charge in [-0.25, -0.2) is 4.39 Å². The summed E-state index contributed by atoms with van der Waals surface area (Å²) >= 11 is 0. The number of hydrogen-bond donors (Lipinski definition) is 1. The Morgan fingerprint density at radius 1 is 0.920 bits per heavy atom. The standard InChI is InChI=1S/C21H14FNO2/c22-15-8-5-14(6-9-15)7-12-21(24)23-16-10-11-18-17-3-1-2-4-19(17)25-20(18)13-16/h1-13H,(H,23,24)/b12-7+. The Labute approximate surface area is 143 Å². The van der Waals surface area contributed by atoms with Crippen molar-refractivity contribution in [2.75, 3.05) is 5.32 Å².